The first-order chi connectivity index (χ1) is 54.1. The first-order valence-electron chi connectivity index (χ1n) is 39.3. The van der Waals surface area contributed by atoms with Crippen LogP contribution >= 0.6 is 0 Å². The predicted octanol–water partition coefficient (Wildman–Crippen LogP) is 28.6. The summed E-state index contributed by atoms with van der Waals surface area (Å²) in [6.07, 6.45) is 9.41. The molecule has 0 amide bonds. The zero-order valence-corrected chi connectivity index (χ0v) is 60.7. The molecule has 16 aromatic carbocycles. The molecule has 2 heterocycles. The van der Waals surface area contributed by atoms with Gasteiger partial charge in [0, 0.05) is 44.3 Å². The van der Waals surface area contributed by atoms with E-state index in [2.05, 4.69) is 368 Å². The van der Waals surface area contributed by atoms with Crippen molar-refractivity contribution in [1.82, 2.24) is 0 Å². The Labute approximate surface area is 635 Å². The highest BCUT2D eigenvalue weighted by Crippen LogP contribution is 2.63. The monoisotopic (exact) mass is 1400 g/mol. The molecule has 4 aliphatic rings. The van der Waals surface area contributed by atoms with Gasteiger partial charge < -0.3 is 18.6 Å². The van der Waals surface area contributed by atoms with E-state index in [4.69, 9.17) is 8.83 Å². The fourth-order valence-electron chi connectivity index (χ4n) is 20.9. The number of hydrogen-bond acceptors (Lipinski definition) is 4. The van der Waals surface area contributed by atoms with Gasteiger partial charge in [0.2, 0.25) is 0 Å². The van der Waals surface area contributed by atoms with Crippen molar-refractivity contribution in [3.63, 3.8) is 0 Å². The Bertz CT molecular complexity index is 6500. The van der Waals surface area contributed by atoms with Crippen LogP contribution in [0.4, 0.5) is 34.1 Å². The van der Waals surface area contributed by atoms with E-state index in [-0.39, 0.29) is 5.92 Å². The number of furan rings is 2. The van der Waals surface area contributed by atoms with Crippen molar-refractivity contribution in [2.75, 3.05) is 9.80 Å². The smallest absolute Gasteiger partial charge is 0.159 e. The predicted molar refractivity (Wildman–Crippen MR) is 452 cm³/mol. The summed E-state index contributed by atoms with van der Waals surface area (Å²) in [6, 6.07) is 134. The van der Waals surface area contributed by atoms with Crippen LogP contribution in [-0.4, -0.2) is 0 Å². The van der Waals surface area contributed by atoms with Crippen LogP contribution in [0.1, 0.15) is 130 Å². The summed E-state index contributed by atoms with van der Waals surface area (Å²) in [5.41, 5.74) is 28.1. The summed E-state index contributed by atoms with van der Waals surface area (Å²) in [5.74, 6) is 1.12. The molecule has 0 bridgehead atoms. The molecule has 4 nitrogen and oxygen atoms in total. The van der Waals surface area contributed by atoms with Gasteiger partial charge in [0.05, 0.1) is 22.2 Å². The molecule has 109 heavy (non-hydrogen) atoms. The van der Waals surface area contributed by atoms with Crippen molar-refractivity contribution in [2.24, 2.45) is 0 Å². The zero-order valence-electron chi connectivity index (χ0n) is 60.7. The lowest BCUT2D eigenvalue weighted by Gasteiger charge is -2.35. The van der Waals surface area contributed by atoms with E-state index >= 15 is 0 Å². The molecule has 2 atom stereocenters. The second-order valence-corrected chi connectivity index (χ2v) is 30.9. The highest BCUT2D eigenvalue weighted by Gasteiger charge is 2.49. The van der Waals surface area contributed by atoms with Gasteiger partial charge in [0.1, 0.15) is 11.2 Å². The summed E-state index contributed by atoms with van der Waals surface area (Å²) in [7, 11) is 0. The van der Waals surface area contributed by atoms with E-state index in [1.54, 1.807) is 0 Å². The largest absolute Gasteiger partial charge is 0.454 e. The molecule has 2 saturated carbocycles. The summed E-state index contributed by atoms with van der Waals surface area (Å²) >= 11 is 0. The van der Waals surface area contributed by atoms with Gasteiger partial charge in [-0.25, -0.2) is 0 Å². The molecule has 0 aliphatic heterocycles. The van der Waals surface area contributed by atoms with Crippen LogP contribution in [-0.2, 0) is 10.8 Å². The Morgan fingerprint density at radius 2 is 0.633 bits per heavy atom. The van der Waals surface area contributed by atoms with Crippen molar-refractivity contribution in [3.05, 3.63) is 419 Å². The van der Waals surface area contributed by atoms with E-state index in [9.17, 15) is 0 Å². The van der Waals surface area contributed by atoms with Gasteiger partial charge >= 0.3 is 0 Å². The highest BCUT2D eigenvalue weighted by molar-refractivity contribution is 6.14. The van der Waals surface area contributed by atoms with Gasteiger partial charge in [-0.05, 0) is 216 Å². The van der Waals surface area contributed by atoms with Crippen molar-refractivity contribution >= 4 is 99.5 Å². The number of anilines is 6. The second kappa shape index (κ2) is 25.5. The molecule has 0 radical (unpaired) electrons. The van der Waals surface area contributed by atoms with Crippen LogP contribution in [0.5, 0.6) is 0 Å². The Hall–Kier alpha value is -12.8. The number of para-hydroxylation sites is 6. The number of hydrogen-bond donors (Lipinski definition) is 0. The van der Waals surface area contributed by atoms with E-state index in [0.717, 1.165) is 91.9 Å². The van der Waals surface area contributed by atoms with Gasteiger partial charge in [-0.2, -0.15) is 0 Å². The maximum atomic E-state index is 7.59. The minimum atomic E-state index is -0.655. The maximum absolute atomic E-state index is 7.59. The van der Waals surface area contributed by atoms with E-state index in [0.29, 0.717) is 11.8 Å². The van der Waals surface area contributed by atoms with Gasteiger partial charge in [0.15, 0.2) is 11.2 Å². The Morgan fingerprint density at radius 1 is 0.248 bits per heavy atom. The van der Waals surface area contributed by atoms with Gasteiger partial charge in [-0.1, -0.05) is 317 Å². The molecular formula is C105H78N2O2. The second-order valence-electron chi connectivity index (χ2n) is 30.9. The molecule has 520 valence electrons. The zero-order chi connectivity index (χ0) is 71.7. The minimum absolute atomic E-state index is 0.283. The average Bonchev–Trinajstić information content (AvgIpc) is 1.53. The van der Waals surface area contributed by atoms with E-state index < -0.39 is 10.8 Å². The molecule has 4 aliphatic carbocycles. The third-order valence-electron chi connectivity index (χ3n) is 25.5. The number of nitrogens with zero attached hydrogens (tertiary/aromatic N) is 2. The number of fused-ring (bicyclic) bond motifs is 16. The van der Waals surface area contributed by atoms with Crippen molar-refractivity contribution < 1.29 is 8.83 Å². The van der Waals surface area contributed by atoms with Crippen molar-refractivity contribution in [3.8, 4) is 22.3 Å². The minimum Gasteiger partial charge on any atom is -0.454 e. The third kappa shape index (κ3) is 9.63. The summed E-state index contributed by atoms with van der Waals surface area (Å²) < 4.78 is 14.9. The Kier molecular flexibility index (Phi) is 14.8. The highest BCUT2D eigenvalue weighted by atomic mass is 16.3. The average molecular weight is 1400 g/mol. The normalized spacial score (nSPS) is 16.3. The molecule has 0 spiro atoms. The molecule has 2 aromatic heterocycles. The standard InChI is InChI=1S/C105H78N2O2/c1-8-29-68(30-9-1)82-46-25-49-86-88-51-27-53-96(102(88)108-100(82)86)107(77-42-20-7-21-43-77)79-59-61-91-95(67-79)105(74-36-14-4-15-37-74,75-38-16-5-17-39-75)93-64-62-84-80(45-24-48-85(84)99(91)93)70-55-56-71(65-70)83-47-26-50-87-89-52-28-54-97(103(89)109-101(83)87)106(76-40-18-6-19-41-76)78-58-60-90-94(66-78)104(72-32-10-2-11-33-72,73-34-12-3-13-35-73)92-63-57-69-31-22-23-44-81(69)98(90)92/h2-7,10-28,31-54,57-64,66-68,70-71H,1,8-9,29-30,55-56,65H2. The lowest BCUT2D eigenvalue weighted by Crippen LogP contribution is -2.28. The van der Waals surface area contributed by atoms with Crippen LogP contribution in [0, 0.1) is 0 Å². The maximum Gasteiger partial charge on any atom is 0.159 e. The third-order valence-corrected chi connectivity index (χ3v) is 25.5. The Balaban J connectivity index is 0.660. The van der Waals surface area contributed by atoms with E-state index in [1.165, 1.54) is 142 Å². The molecule has 2 unspecified atom stereocenters. The van der Waals surface area contributed by atoms with Gasteiger partial charge in [-0.15, -0.1) is 0 Å². The fraction of sp³-hybridized carbons (Fsp3) is 0.124. The van der Waals surface area contributed by atoms with E-state index in [1.807, 2.05) is 0 Å². The van der Waals surface area contributed by atoms with Crippen LogP contribution in [0.3, 0.4) is 0 Å². The van der Waals surface area contributed by atoms with Crippen LogP contribution in [0.15, 0.2) is 367 Å². The molecule has 18 aromatic rings. The molecular weight excluding hydrogens is 1320 g/mol. The molecule has 0 saturated heterocycles. The van der Waals surface area contributed by atoms with Crippen molar-refractivity contribution in [1.29, 1.82) is 0 Å². The topological polar surface area (TPSA) is 32.8 Å². The first-order valence-corrected chi connectivity index (χ1v) is 39.3. The molecule has 2 fully saturated rings. The van der Waals surface area contributed by atoms with Crippen molar-refractivity contribution in [2.45, 2.75) is 80.0 Å². The lowest BCUT2D eigenvalue weighted by atomic mass is 9.67. The SMILES string of the molecule is c1ccc(N(c2ccc3c(c2)C(c2ccccc2)(c2ccccc2)c2ccc4c(C5CCC(c6cccc7c6oc6c(N(c8ccccc8)c8ccc9c(c8)C(c8ccccc8)(c8ccccc8)c8ccc%10ccccc%10c8-9)cccc67)C5)cccc4c2-3)c2cccc3c2oc2c(C4CCCCC4)cccc23)cc1. The summed E-state index contributed by atoms with van der Waals surface area (Å²) in [4.78, 5) is 4.88. The first kappa shape index (κ1) is 63.5. The Morgan fingerprint density at radius 3 is 1.13 bits per heavy atom. The fourth-order valence-corrected chi connectivity index (χ4v) is 20.9. The van der Waals surface area contributed by atoms with Crippen LogP contribution in [0.25, 0.3) is 87.7 Å². The van der Waals surface area contributed by atoms with Gasteiger partial charge in [0.25, 0.3) is 0 Å². The number of rotatable bonds is 13. The number of benzene rings is 16. The lowest BCUT2D eigenvalue weighted by molar-refractivity contribution is 0.442. The quantitative estimate of drug-likeness (QED) is 0.115. The summed E-state index contributed by atoms with van der Waals surface area (Å²) in [6.45, 7) is 0. The van der Waals surface area contributed by atoms with Crippen LogP contribution in [0.2, 0.25) is 0 Å². The molecule has 4 heteroatoms. The molecule has 22 rings (SSSR count). The van der Waals surface area contributed by atoms with Gasteiger partial charge in [-0.3, -0.25) is 0 Å². The van der Waals surface area contributed by atoms with Crippen LogP contribution < -0.4 is 9.80 Å². The summed E-state index contributed by atoms with van der Waals surface area (Å²) in [5, 5.41) is 9.73. The molecule has 0 N–H and O–H groups in total.